The van der Waals surface area contributed by atoms with Crippen LogP contribution in [0.3, 0.4) is 0 Å². The third-order valence-corrected chi connectivity index (χ3v) is 3.63. The van der Waals surface area contributed by atoms with E-state index in [9.17, 15) is 0 Å². The van der Waals surface area contributed by atoms with E-state index in [0.717, 1.165) is 31.2 Å². The fraction of sp³-hybridized carbons (Fsp3) is 0.647. The fourth-order valence-electron chi connectivity index (χ4n) is 2.36. The van der Waals surface area contributed by atoms with Gasteiger partial charge in [0.2, 0.25) is 0 Å². The number of aryl methyl sites for hydroxylation is 1. The Labute approximate surface area is 118 Å². The highest BCUT2D eigenvalue weighted by Gasteiger charge is 2.17. The van der Waals surface area contributed by atoms with Crippen molar-refractivity contribution in [1.29, 1.82) is 0 Å². The molecule has 0 radical (unpaired) electrons. The van der Waals surface area contributed by atoms with Gasteiger partial charge in [0.1, 0.15) is 5.75 Å². The molecular weight excluding hydrogens is 234 g/mol. The molecule has 0 aliphatic carbocycles. The van der Waals surface area contributed by atoms with Crippen molar-refractivity contribution in [3.63, 3.8) is 0 Å². The van der Waals surface area contributed by atoms with E-state index in [1.165, 1.54) is 17.5 Å². The molecule has 0 saturated heterocycles. The maximum atomic E-state index is 5.79. The van der Waals surface area contributed by atoms with Crippen molar-refractivity contribution in [2.24, 2.45) is 5.92 Å². The predicted molar refractivity (Wildman–Crippen MR) is 82.8 cm³/mol. The molecule has 0 bridgehead atoms. The lowest BCUT2D eigenvalue weighted by Gasteiger charge is -2.24. The highest BCUT2D eigenvalue weighted by atomic mass is 16.5. The van der Waals surface area contributed by atoms with Gasteiger partial charge in [-0.1, -0.05) is 44.9 Å². The Hall–Kier alpha value is -1.02. The number of ether oxygens (including phenoxy) is 1. The molecule has 0 aromatic heterocycles. The molecule has 0 fully saturated rings. The normalized spacial score (nSPS) is 14.2. The number of nitrogens with one attached hydrogen (secondary N) is 1. The molecule has 1 rings (SSSR count). The number of rotatable bonds is 8. The van der Waals surface area contributed by atoms with Gasteiger partial charge in [-0.25, -0.2) is 0 Å². The van der Waals surface area contributed by atoms with Gasteiger partial charge in [0.05, 0.1) is 6.61 Å². The molecule has 0 amide bonds. The molecule has 19 heavy (non-hydrogen) atoms. The molecule has 2 unspecified atom stereocenters. The van der Waals surface area contributed by atoms with Crippen LogP contribution in [-0.2, 0) is 0 Å². The first-order valence-electron chi connectivity index (χ1n) is 7.59. The van der Waals surface area contributed by atoms with Gasteiger partial charge in [0.25, 0.3) is 0 Å². The maximum absolute atomic E-state index is 5.79. The Morgan fingerprint density at radius 2 is 1.95 bits per heavy atom. The van der Waals surface area contributed by atoms with Crippen molar-refractivity contribution >= 4 is 0 Å². The molecule has 0 aliphatic rings. The Kier molecular flexibility index (Phi) is 6.93. The first kappa shape index (κ1) is 16.0. The number of hydrogen-bond donors (Lipinski definition) is 1. The molecule has 108 valence electrons. The van der Waals surface area contributed by atoms with Crippen LogP contribution in [0.4, 0.5) is 0 Å². The minimum atomic E-state index is 0.390. The number of benzene rings is 1. The van der Waals surface area contributed by atoms with E-state index in [2.05, 4.69) is 51.2 Å². The average Bonchev–Trinajstić information content (AvgIpc) is 2.40. The summed E-state index contributed by atoms with van der Waals surface area (Å²) in [4.78, 5) is 0. The van der Waals surface area contributed by atoms with E-state index in [4.69, 9.17) is 4.74 Å². The monoisotopic (exact) mass is 263 g/mol. The Bertz CT molecular complexity index is 376. The Morgan fingerprint density at radius 1 is 1.21 bits per heavy atom. The second kappa shape index (κ2) is 8.21. The zero-order valence-corrected chi connectivity index (χ0v) is 13.1. The van der Waals surface area contributed by atoms with Crippen LogP contribution in [0.2, 0.25) is 0 Å². The summed E-state index contributed by atoms with van der Waals surface area (Å²) in [5.74, 6) is 1.75. The van der Waals surface area contributed by atoms with Gasteiger partial charge in [0.15, 0.2) is 0 Å². The van der Waals surface area contributed by atoms with E-state index in [0.29, 0.717) is 6.04 Å². The van der Waals surface area contributed by atoms with Gasteiger partial charge < -0.3 is 10.1 Å². The van der Waals surface area contributed by atoms with Crippen molar-refractivity contribution < 1.29 is 4.74 Å². The lowest BCUT2D eigenvalue weighted by atomic mass is 9.93. The van der Waals surface area contributed by atoms with Gasteiger partial charge in [-0.3, -0.25) is 0 Å². The van der Waals surface area contributed by atoms with Crippen molar-refractivity contribution in [2.45, 2.75) is 53.5 Å². The third kappa shape index (κ3) is 4.87. The van der Waals surface area contributed by atoms with Crippen LogP contribution in [0, 0.1) is 12.8 Å². The highest BCUT2D eigenvalue weighted by Crippen LogP contribution is 2.31. The summed E-state index contributed by atoms with van der Waals surface area (Å²) in [7, 11) is 0. The second-order valence-corrected chi connectivity index (χ2v) is 5.33. The van der Waals surface area contributed by atoms with Gasteiger partial charge in [-0.05, 0) is 38.8 Å². The minimum Gasteiger partial charge on any atom is -0.494 e. The first-order chi connectivity index (χ1) is 9.12. The maximum Gasteiger partial charge on any atom is 0.124 e. The van der Waals surface area contributed by atoms with Crippen LogP contribution >= 0.6 is 0 Å². The molecule has 1 aromatic carbocycles. The molecule has 2 nitrogen and oxygen atoms in total. The van der Waals surface area contributed by atoms with E-state index in [1.54, 1.807) is 0 Å². The average molecular weight is 263 g/mol. The Morgan fingerprint density at radius 3 is 2.53 bits per heavy atom. The summed E-state index contributed by atoms with van der Waals surface area (Å²) in [5, 5.41) is 3.61. The third-order valence-electron chi connectivity index (χ3n) is 3.63. The first-order valence-corrected chi connectivity index (χ1v) is 7.59. The quantitative estimate of drug-likeness (QED) is 0.746. The van der Waals surface area contributed by atoms with Crippen molar-refractivity contribution in [3.05, 3.63) is 29.3 Å². The van der Waals surface area contributed by atoms with Crippen molar-refractivity contribution in [2.75, 3.05) is 13.2 Å². The molecular formula is C17H29NO. The SMILES string of the molecule is CCNC(CC(C)CC)c1cc(C)ccc1OCC. The van der Waals surface area contributed by atoms with Crippen molar-refractivity contribution in [3.8, 4) is 5.75 Å². The lowest BCUT2D eigenvalue weighted by Crippen LogP contribution is -2.23. The fourth-order valence-corrected chi connectivity index (χ4v) is 2.36. The lowest BCUT2D eigenvalue weighted by molar-refractivity contribution is 0.324. The summed E-state index contributed by atoms with van der Waals surface area (Å²) in [6.07, 6.45) is 2.38. The topological polar surface area (TPSA) is 21.3 Å². The molecule has 0 spiro atoms. The van der Waals surface area contributed by atoms with E-state index < -0.39 is 0 Å². The molecule has 2 atom stereocenters. The van der Waals surface area contributed by atoms with Gasteiger partial charge in [-0.2, -0.15) is 0 Å². The van der Waals surface area contributed by atoms with E-state index >= 15 is 0 Å². The predicted octanol–water partition coefficient (Wildman–Crippen LogP) is 4.48. The number of hydrogen-bond acceptors (Lipinski definition) is 2. The second-order valence-electron chi connectivity index (χ2n) is 5.33. The summed E-state index contributed by atoms with van der Waals surface area (Å²) in [6.45, 7) is 12.6. The molecule has 2 heteroatoms. The summed E-state index contributed by atoms with van der Waals surface area (Å²) in [5.41, 5.74) is 2.61. The van der Waals surface area contributed by atoms with E-state index in [1.807, 2.05) is 6.92 Å². The summed E-state index contributed by atoms with van der Waals surface area (Å²) >= 11 is 0. The zero-order chi connectivity index (χ0) is 14.3. The zero-order valence-electron chi connectivity index (χ0n) is 13.1. The van der Waals surface area contributed by atoms with Gasteiger partial charge >= 0.3 is 0 Å². The van der Waals surface area contributed by atoms with E-state index in [-0.39, 0.29) is 0 Å². The molecule has 1 aromatic rings. The van der Waals surface area contributed by atoms with Crippen LogP contribution in [0.25, 0.3) is 0 Å². The van der Waals surface area contributed by atoms with Crippen LogP contribution in [0.5, 0.6) is 5.75 Å². The molecule has 0 aliphatic heterocycles. The van der Waals surface area contributed by atoms with Crippen LogP contribution in [0.15, 0.2) is 18.2 Å². The summed E-state index contributed by atoms with van der Waals surface area (Å²) in [6, 6.07) is 6.89. The Balaban J connectivity index is 3.01. The minimum absolute atomic E-state index is 0.390. The van der Waals surface area contributed by atoms with Crippen LogP contribution in [0.1, 0.15) is 57.7 Å². The highest BCUT2D eigenvalue weighted by molar-refractivity contribution is 5.39. The van der Waals surface area contributed by atoms with Gasteiger partial charge in [-0.15, -0.1) is 0 Å². The molecule has 0 saturated carbocycles. The molecule has 1 N–H and O–H groups in total. The van der Waals surface area contributed by atoms with Crippen LogP contribution < -0.4 is 10.1 Å². The largest absolute Gasteiger partial charge is 0.494 e. The standard InChI is InChI=1S/C17H29NO/c1-6-13(4)12-16(18-7-2)15-11-14(5)9-10-17(15)19-8-3/h9-11,13,16,18H,6-8,12H2,1-5H3. The smallest absolute Gasteiger partial charge is 0.124 e. The molecule has 0 heterocycles. The summed E-state index contributed by atoms with van der Waals surface area (Å²) < 4.78 is 5.79. The van der Waals surface area contributed by atoms with Crippen LogP contribution in [-0.4, -0.2) is 13.2 Å². The van der Waals surface area contributed by atoms with Crippen molar-refractivity contribution in [1.82, 2.24) is 5.32 Å². The van der Waals surface area contributed by atoms with Gasteiger partial charge in [0, 0.05) is 11.6 Å².